The van der Waals surface area contributed by atoms with Crippen molar-refractivity contribution in [2.24, 2.45) is 0 Å². The molecule has 2 heterocycles. The van der Waals surface area contributed by atoms with Gasteiger partial charge in [-0.05, 0) is 90.3 Å². The van der Waals surface area contributed by atoms with Crippen LogP contribution in [0.3, 0.4) is 0 Å². The monoisotopic (exact) mass is 709 g/mol. The van der Waals surface area contributed by atoms with Gasteiger partial charge in [-0.25, -0.2) is 9.97 Å². The molecule has 0 bridgehead atoms. The number of hydrogen-bond acceptors (Lipinski definition) is 2. The number of para-hydroxylation sites is 1. The van der Waals surface area contributed by atoms with Crippen molar-refractivity contribution in [3.63, 3.8) is 0 Å². The summed E-state index contributed by atoms with van der Waals surface area (Å²) in [5, 5.41) is 8.60. The second-order valence-electron chi connectivity index (χ2n) is 15.2. The van der Waals surface area contributed by atoms with E-state index in [0.29, 0.717) is 5.95 Å². The lowest BCUT2D eigenvalue weighted by Crippen LogP contribution is -2.30. The SMILES string of the molecule is c1cc(-c2cccc3ccccc23)cc(-c2nc(-n3c4cccc5c4c4c6c(cccc6ccc43)C53c4ccccc4-c4ccccc43)nc3ccccc23)c1. The van der Waals surface area contributed by atoms with Gasteiger partial charge < -0.3 is 0 Å². The molecule has 3 nitrogen and oxygen atoms in total. The molecule has 0 amide bonds. The highest BCUT2D eigenvalue weighted by atomic mass is 15.2. The normalized spacial score (nSPS) is 13.5. The molecule has 0 aliphatic heterocycles. The molecule has 0 saturated heterocycles. The molecular weight excluding hydrogens is 679 g/mol. The van der Waals surface area contributed by atoms with Crippen molar-refractivity contribution in [1.82, 2.24) is 14.5 Å². The van der Waals surface area contributed by atoms with E-state index in [9.17, 15) is 0 Å². The Hall–Kier alpha value is -7.36. The van der Waals surface area contributed by atoms with Crippen molar-refractivity contribution in [2.75, 3.05) is 0 Å². The molecule has 0 radical (unpaired) electrons. The third-order valence-electron chi connectivity index (χ3n) is 12.6. The number of aromatic nitrogens is 3. The Bertz CT molecular complexity index is 3450. The van der Waals surface area contributed by atoms with Gasteiger partial charge in [-0.2, -0.15) is 0 Å². The van der Waals surface area contributed by atoms with E-state index >= 15 is 0 Å². The maximum atomic E-state index is 5.55. The molecule has 2 aromatic heterocycles. The molecule has 258 valence electrons. The second-order valence-corrected chi connectivity index (χ2v) is 15.2. The average Bonchev–Trinajstić information content (AvgIpc) is 3.76. The Morgan fingerprint density at radius 1 is 0.375 bits per heavy atom. The number of nitrogens with zero attached hydrogens (tertiary/aromatic N) is 3. The van der Waals surface area contributed by atoms with Crippen LogP contribution in [0, 0.1) is 0 Å². The minimum absolute atomic E-state index is 0.461. The first-order valence-electron chi connectivity index (χ1n) is 19.3. The smallest absolute Gasteiger partial charge is 0.235 e. The van der Waals surface area contributed by atoms with Gasteiger partial charge >= 0.3 is 0 Å². The van der Waals surface area contributed by atoms with Crippen LogP contribution in [0.4, 0.5) is 0 Å². The summed E-state index contributed by atoms with van der Waals surface area (Å²) in [7, 11) is 0. The van der Waals surface area contributed by atoms with Gasteiger partial charge in [-0.15, -0.1) is 0 Å². The quantitative estimate of drug-likeness (QED) is 0.183. The molecule has 11 aromatic rings. The van der Waals surface area contributed by atoms with Gasteiger partial charge in [-0.3, -0.25) is 4.57 Å². The van der Waals surface area contributed by atoms with Gasteiger partial charge in [0.1, 0.15) is 0 Å². The summed E-state index contributed by atoms with van der Waals surface area (Å²) in [6.45, 7) is 0. The zero-order chi connectivity index (χ0) is 36.5. The van der Waals surface area contributed by atoms with E-state index in [1.54, 1.807) is 0 Å². The summed E-state index contributed by atoms with van der Waals surface area (Å²) < 4.78 is 2.32. The average molecular weight is 710 g/mol. The third-order valence-corrected chi connectivity index (χ3v) is 12.6. The lowest BCUT2D eigenvalue weighted by molar-refractivity contribution is 0.783. The van der Waals surface area contributed by atoms with E-state index in [0.717, 1.165) is 38.8 Å². The number of benzene rings is 9. The molecule has 0 N–H and O–H groups in total. The van der Waals surface area contributed by atoms with Crippen LogP contribution in [0.1, 0.15) is 22.3 Å². The van der Waals surface area contributed by atoms with E-state index in [-0.39, 0.29) is 0 Å². The van der Waals surface area contributed by atoms with Crippen LogP contribution in [0.5, 0.6) is 0 Å². The topological polar surface area (TPSA) is 30.7 Å². The number of fused-ring (bicyclic) bond motifs is 9. The van der Waals surface area contributed by atoms with Crippen molar-refractivity contribution < 1.29 is 0 Å². The fourth-order valence-corrected chi connectivity index (χ4v) is 10.4. The summed E-state index contributed by atoms with van der Waals surface area (Å²) in [5.41, 5.74) is 15.0. The molecule has 3 heteroatoms. The van der Waals surface area contributed by atoms with Gasteiger partial charge in [0.2, 0.25) is 5.95 Å². The largest absolute Gasteiger partial charge is 0.278 e. The summed E-state index contributed by atoms with van der Waals surface area (Å²) in [5.74, 6) is 0.673. The summed E-state index contributed by atoms with van der Waals surface area (Å²) in [4.78, 5) is 10.9. The zero-order valence-electron chi connectivity index (χ0n) is 30.2. The van der Waals surface area contributed by atoms with Crippen LogP contribution >= 0.6 is 0 Å². The predicted octanol–water partition coefficient (Wildman–Crippen LogP) is 13.0. The molecule has 0 atom stereocenters. The Balaban J connectivity index is 1.12. The zero-order valence-corrected chi connectivity index (χ0v) is 30.2. The highest BCUT2D eigenvalue weighted by Crippen LogP contribution is 2.62. The highest BCUT2D eigenvalue weighted by molar-refractivity contribution is 6.26. The van der Waals surface area contributed by atoms with Gasteiger partial charge in [0.05, 0.1) is 27.7 Å². The number of rotatable bonds is 3. The standard InChI is InChI=1S/C53H31N3/c1-2-18-36-32(13-1)14-10-22-37(36)34-16-9-17-35(31-34)51-40-21-5-8-27-45(40)54-52(55-51)56-46-28-12-26-44-49(46)50-47(56)30-29-33-15-11-25-43(48(33)50)53(44)41-23-6-3-19-38(41)39-20-4-7-24-42(39)53/h1-31H. The number of hydrogen-bond donors (Lipinski definition) is 0. The molecular formula is C53H31N3. The first kappa shape index (κ1) is 30.0. The van der Waals surface area contributed by atoms with Gasteiger partial charge in [0.15, 0.2) is 0 Å². The molecule has 0 saturated carbocycles. The van der Waals surface area contributed by atoms with E-state index in [2.05, 4.69) is 193 Å². The minimum Gasteiger partial charge on any atom is -0.278 e. The first-order chi connectivity index (χ1) is 27.8. The maximum absolute atomic E-state index is 5.55. The Morgan fingerprint density at radius 3 is 1.82 bits per heavy atom. The van der Waals surface area contributed by atoms with Crippen LogP contribution in [0.25, 0.3) is 93.7 Å². The van der Waals surface area contributed by atoms with Crippen molar-refractivity contribution in [3.8, 4) is 39.5 Å². The van der Waals surface area contributed by atoms with Gasteiger partial charge in [0.25, 0.3) is 0 Å². The van der Waals surface area contributed by atoms with Crippen molar-refractivity contribution in [3.05, 3.63) is 210 Å². The second kappa shape index (κ2) is 10.9. The Labute approximate surface area is 322 Å². The molecule has 13 rings (SSSR count). The Morgan fingerprint density at radius 2 is 0.964 bits per heavy atom. The molecule has 2 aliphatic rings. The van der Waals surface area contributed by atoms with E-state index in [1.165, 1.54) is 71.3 Å². The molecule has 2 aliphatic carbocycles. The lowest BCUT2D eigenvalue weighted by atomic mass is 9.63. The summed E-state index contributed by atoms with van der Waals surface area (Å²) >= 11 is 0. The fourth-order valence-electron chi connectivity index (χ4n) is 10.4. The first-order valence-corrected chi connectivity index (χ1v) is 19.3. The minimum atomic E-state index is -0.461. The molecule has 1 spiro atoms. The van der Waals surface area contributed by atoms with Crippen LogP contribution in [0.2, 0.25) is 0 Å². The van der Waals surface area contributed by atoms with E-state index in [4.69, 9.17) is 9.97 Å². The fraction of sp³-hybridized carbons (Fsp3) is 0.0189. The van der Waals surface area contributed by atoms with Crippen LogP contribution < -0.4 is 0 Å². The summed E-state index contributed by atoms with van der Waals surface area (Å²) in [6.07, 6.45) is 0. The predicted molar refractivity (Wildman–Crippen MR) is 231 cm³/mol. The van der Waals surface area contributed by atoms with E-state index < -0.39 is 5.41 Å². The maximum Gasteiger partial charge on any atom is 0.235 e. The molecule has 0 fully saturated rings. The van der Waals surface area contributed by atoms with E-state index in [1.807, 2.05) is 0 Å². The Kier molecular flexibility index (Phi) is 5.83. The van der Waals surface area contributed by atoms with Crippen LogP contribution in [0.15, 0.2) is 188 Å². The molecule has 9 aromatic carbocycles. The van der Waals surface area contributed by atoms with Gasteiger partial charge in [0, 0.05) is 21.7 Å². The third kappa shape index (κ3) is 3.72. The molecule has 56 heavy (non-hydrogen) atoms. The van der Waals surface area contributed by atoms with Crippen LogP contribution in [-0.4, -0.2) is 14.5 Å². The highest BCUT2D eigenvalue weighted by Gasteiger charge is 2.50. The molecule has 0 unspecified atom stereocenters. The summed E-state index contributed by atoms with van der Waals surface area (Å²) in [6, 6.07) is 68.8. The lowest BCUT2D eigenvalue weighted by Gasteiger charge is -2.37. The van der Waals surface area contributed by atoms with Crippen molar-refractivity contribution >= 4 is 54.3 Å². The van der Waals surface area contributed by atoms with Crippen LogP contribution in [-0.2, 0) is 5.41 Å². The van der Waals surface area contributed by atoms with Crippen molar-refractivity contribution in [2.45, 2.75) is 5.41 Å². The van der Waals surface area contributed by atoms with Crippen molar-refractivity contribution in [1.29, 1.82) is 0 Å². The van der Waals surface area contributed by atoms with Gasteiger partial charge in [-0.1, -0.05) is 164 Å².